The maximum atomic E-state index is 13.7. The summed E-state index contributed by atoms with van der Waals surface area (Å²) in [5.41, 5.74) is 10.7. The van der Waals surface area contributed by atoms with Crippen LogP contribution >= 0.6 is 11.3 Å². The number of amides is 1. The number of carbonyl (C=O) groups is 3. The number of hydrogen-bond donors (Lipinski definition) is 4. The molecule has 0 aliphatic rings. The molecule has 0 fully saturated rings. The van der Waals surface area contributed by atoms with Crippen LogP contribution in [-0.4, -0.2) is 33.9 Å². The van der Waals surface area contributed by atoms with Crippen molar-refractivity contribution in [1.82, 2.24) is 10.3 Å². The van der Waals surface area contributed by atoms with Gasteiger partial charge in [0.1, 0.15) is 6.04 Å². The summed E-state index contributed by atoms with van der Waals surface area (Å²) < 4.78 is 32.6. The third-order valence-electron chi connectivity index (χ3n) is 6.30. The lowest BCUT2D eigenvalue weighted by molar-refractivity contribution is -0.192. The highest BCUT2D eigenvalue weighted by Crippen LogP contribution is 2.29. The summed E-state index contributed by atoms with van der Waals surface area (Å²) in [7, 11) is 0. The van der Waals surface area contributed by atoms with Gasteiger partial charge in [0, 0.05) is 24.3 Å². The molecule has 1 heterocycles. The SMILES string of the molecule is NCc1ccc(C(NC(=O)c2ccccc2)C(=O)c2nc3ccc(NCc4ccccc4)cc3s2)cc1.O=C(O)C(F)(F)F. The van der Waals surface area contributed by atoms with Gasteiger partial charge >= 0.3 is 12.1 Å². The van der Waals surface area contributed by atoms with E-state index in [1.54, 1.807) is 24.3 Å². The van der Waals surface area contributed by atoms with Crippen LogP contribution in [0.1, 0.15) is 42.9 Å². The minimum absolute atomic E-state index is 0.259. The first-order chi connectivity index (χ1) is 21.0. The molecule has 0 saturated carbocycles. The Hall–Kier alpha value is -5.07. The Kier molecular flexibility index (Phi) is 10.4. The highest BCUT2D eigenvalue weighted by atomic mass is 32.1. The van der Waals surface area contributed by atoms with Crippen LogP contribution in [0.2, 0.25) is 0 Å². The number of thiazole rings is 1. The number of nitrogens with two attached hydrogens (primary N) is 1. The number of nitrogens with zero attached hydrogens (tertiary/aromatic N) is 1. The lowest BCUT2D eigenvalue weighted by Gasteiger charge is -2.17. The average Bonchev–Trinajstić information content (AvgIpc) is 3.47. The van der Waals surface area contributed by atoms with Crippen molar-refractivity contribution in [3.63, 3.8) is 0 Å². The second-order valence-electron chi connectivity index (χ2n) is 9.43. The molecule has 1 atom stereocenters. The van der Waals surface area contributed by atoms with Gasteiger partial charge in [-0.3, -0.25) is 9.59 Å². The molecule has 1 aromatic heterocycles. The van der Waals surface area contributed by atoms with Gasteiger partial charge in [-0.1, -0.05) is 72.8 Å². The van der Waals surface area contributed by atoms with E-state index in [9.17, 15) is 22.8 Å². The fraction of sp³-hybridized carbons (Fsp3) is 0.125. The highest BCUT2D eigenvalue weighted by molar-refractivity contribution is 7.20. The fourth-order valence-electron chi connectivity index (χ4n) is 4.01. The molecule has 12 heteroatoms. The summed E-state index contributed by atoms with van der Waals surface area (Å²) >= 11 is 1.32. The number of ketones is 1. The minimum Gasteiger partial charge on any atom is -0.475 e. The van der Waals surface area contributed by atoms with E-state index in [1.165, 1.54) is 16.9 Å². The Labute approximate surface area is 254 Å². The zero-order chi connectivity index (χ0) is 31.7. The van der Waals surface area contributed by atoms with Gasteiger partial charge in [-0.15, -0.1) is 11.3 Å². The molecule has 0 radical (unpaired) electrons. The van der Waals surface area contributed by atoms with E-state index >= 15 is 0 Å². The number of alkyl halides is 3. The molecule has 44 heavy (non-hydrogen) atoms. The third-order valence-corrected chi connectivity index (χ3v) is 7.34. The topological polar surface area (TPSA) is 134 Å². The second kappa shape index (κ2) is 14.4. The van der Waals surface area contributed by atoms with Gasteiger partial charge in [0.15, 0.2) is 5.01 Å². The zero-order valence-corrected chi connectivity index (χ0v) is 23.9. The number of fused-ring (bicyclic) bond motifs is 1. The number of nitrogens with one attached hydrogen (secondary N) is 2. The molecule has 226 valence electrons. The molecule has 5 rings (SSSR count). The monoisotopic (exact) mass is 620 g/mol. The number of carbonyl (C=O) groups excluding carboxylic acids is 2. The van der Waals surface area contributed by atoms with Gasteiger partial charge in [0.05, 0.1) is 10.2 Å². The number of halogens is 3. The summed E-state index contributed by atoms with van der Waals surface area (Å²) in [6.07, 6.45) is -5.08. The minimum atomic E-state index is -5.08. The van der Waals surface area contributed by atoms with Crippen LogP contribution in [0.5, 0.6) is 0 Å². The first kappa shape index (κ1) is 31.9. The molecule has 8 nitrogen and oxygen atoms in total. The number of rotatable bonds is 9. The van der Waals surface area contributed by atoms with Gasteiger partial charge in [-0.2, -0.15) is 13.2 Å². The van der Waals surface area contributed by atoms with Crippen LogP contribution in [0.25, 0.3) is 10.2 Å². The first-order valence-electron chi connectivity index (χ1n) is 13.2. The third kappa shape index (κ3) is 8.49. The molecular weight excluding hydrogens is 593 g/mol. The second-order valence-corrected chi connectivity index (χ2v) is 10.5. The van der Waals surface area contributed by atoms with Crippen LogP contribution in [0, 0.1) is 0 Å². The maximum absolute atomic E-state index is 13.7. The average molecular weight is 621 g/mol. The number of hydrogen-bond acceptors (Lipinski definition) is 7. The van der Waals surface area contributed by atoms with Crippen molar-refractivity contribution in [1.29, 1.82) is 0 Å². The summed E-state index contributed by atoms with van der Waals surface area (Å²) in [5, 5.41) is 13.8. The van der Waals surface area contributed by atoms with E-state index in [0.717, 1.165) is 21.5 Å². The predicted molar refractivity (Wildman–Crippen MR) is 162 cm³/mol. The molecule has 4 aromatic carbocycles. The number of benzene rings is 4. The predicted octanol–water partition coefficient (Wildman–Crippen LogP) is 6.35. The zero-order valence-electron chi connectivity index (χ0n) is 23.0. The summed E-state index contributed by atoms with van der Waals surface area (Å²) in [6, 6.07) is 31.4. The molecule has 0 bridgehead atoms. The molecule has 0 aliphatic carbocycles. The largest absolute Gasteiger partial charge is 0.490 e. The Balaban J connectivity index is 0.000000566. The standard InChI is InChI=1S/C30H26N4O2S.C2HF3O2/c31-18-20-11-13-22(14-12-20)27(34-29(36)23-9-5-2-6-10-23)28(35)30-33-25-16-15-24(17-26(25)37-30)32-19-21-7-3-1-4-8-21;3-2(4,5)1(6)7/h1-17,27,32H,18-19,31H2,(H,34,36);(H,6,7). The van der Waals surface area contributed by atoms with Gasteiger partial charge < -0.3 is 21.5 Å². The number of aliphatic carboxylic acids is 1. The van der Waals surface area contributed by atoms with Crippen molar-refractivity contribution in [3.8, 4) is 0 Å². The molecule has 1 unspecified atom stereocenters. The van der Waals surface area contributed by atoms with Crippen LogP contribution in [0.15, 0.2) is 103 Å². The molecule has 0 aliphatic heterocycles. The van der Waals surface area contributed by atoms with Crippen molar-refractivity contribution >= 4 is 44.9 Å². The van der Waals surface area contributed by atoms with Crippen LogP contribution in [0.3, 0.4) is 0 Å². The Morgan fingerprint density at radius 1 is 0.864 bits per heavy atom. The van der Waals surface area contributed by atoms with Crippen LogP contribution in [0.4, 0.5) is 18.9 Å². The smallest absolute Gasteiger partial charge is 0.475 e. The van der Waals surface area contributed by atoms with Gasteiger partial charge in [-0.05, 0) is 47.0 Å². The molecule has 0 spiro atoms. The molecule has 5 aromatic rings. The number of anilines is 1. The van der Waals surface area contributed by atoms with E-state index in [0.29, 0.717) is 29.2 Å². The molecular formula is C32H27F3N4O4S. The number of Topliss-reactive ketones (excluding diaryl/α,β-unsaturated/α-hetero) is 1. The number of carboxylic acid groups (broad SMARTS) is 1. The highest BCUT2D eigenvalue weighted by Gasteiger charge is 2.38. The Morgan fingerprint density at radius 3 is 2.07 bits per heavy atom. The fourth-order valence-corrected chi connectivity index (χ4v) is 4.99. The van der Waals surface area contributed by atoms with E-state index < -0.39 is 18.2 Å². The number of aromatic nitrogens is 1. The quantitative estimate of drug-likeness (QED) is 0.141. The first-order valence-corrected chi connectivity index (χ1v) is 14.0. The lowest BCUT2D eigenvalue weighted by atomic mass is 10.0. The van der Waals surface area contributed by atoms with Crippen LogP contribution in [-0.2, 0) is 17.9 Å². The maximum Gasteiger partial charge on any atom is 0.490 e. The van der Waals surface area contributed by atoms with E-state index in [4.69, 9.17) is 15.6 Å². The van der Waals surface area contributed by atoms with Crippen molar-refractivity contribution in [2.24, 2.45) is 5.73 Å². The molecule has 0 saturated heterocycles. The van der Waals surface area contributed by atoms with E-state index in [-0.39, 0.29) is 11.7 Å². The molecule has 1 amide bonds. The molecule has 5 N–H and O–H groups in total. The normalized spacial score (nSPS) is 11.6. The Bertz CT molecular complexity index is 1730. The van der Waals surface area contributed by atoms with Gasteiger partial charge in [0.25, 0.3) is 5.91 Å². The van der Waals surface area contributed by atoms with Crippen molar-refractivity contribution in [3.05, 3.63) is 130 Å². The van der Waals surface area contributed by atoms with Gasteiger partial charge in [-0.25, -0.2) is 9.78 Å². The number of carboxylic acids is 1. The van der Waals surface area contributed by atoms with Crippen LogP contribution < -0.4 is 16.4 Å². The van der Waals surface area contributed by atoms with Crippen molar-refractivity contribution in [2.45, 2.75) is 25.3 Å². The lowest BCUT2D eigenvalue weighted by Crippen LogP contribution is -2.34. The van der Waals surface area contributed by atoms with E-state index in [1.807, 2.05) is 66.7 Å². The Morgan fingerprint density at radius 2 is 1.48 bits per heavy atom. The summed E-state index contributed by atoms with van der Waals surface area (Å²) in [4.78, 5) is 40.2. The van der Waals surface area contributed by atoms with E-state index in [2.05, 4.69) is 27.8 Å². The summed E-state index contributed by atoms with van der Waals surface area (Å²) in [6.45, 7) is 1.09. The van der Waals surface area contributed by atoms with Gasteiger partial charge in [0.2, 0.25) is 5.78 Å². The summed E-state index contributed by atoms with van der Waals surface area (Å²) in [5.74, 6) is -3.34. The van der Waals surface area contributed by atoms with Crippen molar-refractivity contribution in [2.75, 3.05) is 5.32 Å². The van der Waals surface area contributed by atoms with Crippen molar-refractivity contribution < 1.29 is 32.7 Å².